The standard InChI is InChI=1S/C16H27N3O/c1-12(2)19(13(3)4)9-8-18-16(20)15-7-5-6-14(10-15)11-17/h5-7,10,12-13H,8-9,11,17H2,1-4H3,(H,18,20). The zero-order chi connectivity index (χ0) is 15.1. The van der Waals surface area contributed by atoms with Crippen LogP contribution in [0.3, 0.4) is 0 Å². The van der Waals surface area contributed by atoms with Crippen molar-refractivity contribution in [3.8, 4) is 0 Å². The number of rotatable bonds is 7. The molecule has 1 amide bonds. The molecule has 0 spiro atoms. The minimum Gasteiger partial charge on any atom is -0.351 e. The maximum atomic E-state index is 12.1. The molecule has 112 valence electrons. The van der Waals surface area contributed by atoms with Crippen LogP contribution >= 0.6 is 0 Å². The van der Waals surface area contributed by atoms with Gasteiger partial charge in [-0.1, -0.05) is 12.1 Å². The Kier molecular flexibility index (Phi) is 6.68. The summed E-state index contributed by atoms with van der Waals surface area (Å²) in [6.45, 7) is 10.7. The van der Waals surface area contributed by atoms with Crippen LogP contribution < -0.4 is 11.1 Å². The number of carbonyl (C=O) groups is 1. The Bertz CT molecular complexity index is 421. The lowest BCUT2D eigenvalue weighted by atomic mass is 10.1. The molecule has 0 fully saturated rings. The van der Waals surface area contributed by atoms with E-state index < -0.39 is 0 Å². The Balaban J connectivity index is 2.50. The van der Waals surface area contributed by atoms with Crippen molar-refractivity contribution in [3.63, 3.8) is 0 Å². The van der Waals surface area contributed by atoms with Gasteiger partial charge in [-0.25, -0.2) is 0 Å². The van der Waals surface area contributed by atoms with E-state index in [9.17, 15) is 4.79 Å². The van der Waals surface area contributed by atoms with E-state index in [1.54, 1.807) is 0 Å². The Morgan fingerprint density at radius 1 is 1.25 bits per heavy atom. The van der Waals surface area contributed by atoms with Gasteiger partial charge >= 0.3 is 0 Å². The molecule has 20 heavy (non-hydrogen) atoms. The summed E-state index contributed by atoms with van der Waals surface area (Å²) in [5.41, 5.74) is 7.24. The van der Waals surface area contributed by atoms with Gasteiger partial charge in [0.25, 0.3) is 5.91 Å². The number of hydrogen-bond acceptors (Lipinski definition) is 3. The van der Waals surface area contributed by atoms with Crippen LogP contribution in [0.2, 0.25) is 0 Å². The van der Waals surface area contributed by atoms with Crippen LogP contribution in [0.25, 0.3) is 0 Å². The van der Waals surface area contributed by atoms with E-state index in [2.05, 4.69) is 37.9 Å². The summed E-state index contributed by atoms with van der Waals surface area (Å²) in [4.78, 5) is 14.4. The molecule has 0 aliphatic rings. The lowest BCUT2D eigenvalue weighted by Crippen LogP contribution is -2.42. The van der Waals surface area contributed by atoms with E-state index in [-0.39, 0.29) is 5.91 Å². The average Bonchev–Trinajstić information content (AvgIpc) is 2.42. The Labute approximate surface area is 122 Å². The summed E-state index contributed by atoms with van der Waals surface area (Å²) in [6.07, 6.45) is 0. The highest BCUT2D eigenvalue weighted by atomic mass is 16.1. The van der Waals surface area contributed by atoms with Crippen LogP contribution in [0.1, 0.15) is 43.6 Å². The van der Waals surface area contributed by atoms with Crippen LogP contribution in [0.4, 0.5) is 0 Å². The van der Waals surface area contributed by atoms with Crippen LogP contribution in [-0.4, -0.2) is 36.0 Å². The molecule has 0 atom stereocenters. The predicted molar refractivity (Wildman–Crippen MR) is 83.6 cm³/mol. The Morgan fingerprint density at radius 3 is 2.45 bits per heavy atom. The van der Waals surface area contributed by atoms with Crippen LogP contribution in [0.5, 0.6) is 0 Å². The number of carbonyl (C=O) groups excluding carboxylic acids is 1. The zero-order valence-electron chi connectivity index (χ0n) is 13.0. The van der Waals surface area contributed by atoms with Crippen LogP contribution in [0.15, 0.2) is 24.3 Å². The van der Waals surface area contributed by atoms with E-state index in [1.165, 1.54) is 0 Å². The second-order valence-corrected chi connectivity index (χ2v) is 5.59. The van der Waals surface area contributed by atoms with Crippen molar-refractivity contribution in [2.75, 3.05) is 13.1 Å². The molecule has 0 heterocycles. The van der Waals surface area contributed by atoms with Gasteiger partial charge in [0.15, 0.2) is 0 Å². The first kappa shape index (κ1) is 16.7. The van der Waals surface area contributed by atoms with E-state index >= 15 is 0 Å². The maximum absolute atomic E-state index is 12.1. The quantitative estimate of drug-likeness (QED) is 0.801. The molecule has 0 saturated heterocycles. The number of nitrogens with two attached hydrogens (primary N) is 1. The molecular formula is C16H27N3O. The molecule has 0 aliphatic heterocycles. The number of amides is 1. The summed E-state index contributed by atoms with van der Waals surface area (Å²) >= 11 is 0. The summed E-state index contributed by atoms with van der Waals surface area (Å²) < 4.78 is 0. The van der Waals surface area contributed by atoms with Crippen molar-refractivity contribution in [2.24, 2.45) is 5.73 Å². The van der Waals surface area contributed by atoms with Gasteiger partial charge in [0, 0.05) is 37.3 Å². The third kappa shape index (κ3) is 4.94. The molecule has 0 bridgehead atoms. The van der Waals surface area contributed by atoms with Gasteiger partial charge in [-0.2, -0.15) is 0 Å². The number of nitrogens with one attached hydrogen (secondary N) is 1. The van der Waals surface area contributed by atoms with Crippen LogP contribution in [0, 0.1) is 0 Å². The van der Waals surface area contributed by atoms with E-state index in [4.69, 9.17) is 5.73 Å². The van der Waals surface area contributed by atoms with Crippen molar-refractivity contribution >= 4 is 5.91 Å². The molecule has 1 rings (SSSR count). The Morgan fingerprint density at radius 2 is 1.90 bits per heavy atom. The predicted octanol–water partition coefficient (Wildman–Crippen LogP) is 1.99. The molecule has 3 N–H and O–H groups in total. The summed E-state index contributed by atoms with van der Waals surface area (Å²) in [7, 11) is 0. The second kappa shape index (κ2) is 8.02. The highest BCUT2D eigenvalue weighted by molar-refractivity contribution is 5.94. The fourth-order valence-electron chi connectivity index (χ4n) is 2.35. The minimum absolute atomic E-state index is 0.0345. The monoisotopic (exact) mass is 277 g/mol. The number of benzene rings is 1. The Hall–Kier alpha value is -1.39. The molecule has 4 nitrogen and oxygen atoms in total. The average molecular weight is 277 g/mol. The molecule has 0 saturated carbocycles. The van der Waals surface area contributed by atoms with Gasteiger partial charge in [-0.15, -0.1) is 0 Å². The molecule has 4 heteroatoms. The molecule has 1 aromatic carbocycles. The van der Waals surface area contributed by atoms with Gasteiger partial charge in [0.1, 0.15) is 0 Å². The smallest absolute Gasteiger partial charge is 0.251 e. The molecule has 0 aliphatic carbocycles. The van der Waals surface area contributed by atoms with Gasteiger partial charge in [-0.3, -0.25) is 9.69 Å². The van der Waals surface area contributed by atoms with Gasteiger partial charge in [0.2, 0.25) is 0 Å². The fraction of sp³-hybridized carbons (Fsp3) is 0.562. The first-order chi connectivity index (χ1) is 9.45. The van der Waals surface area contributed by atoms with Crippen molar-refractivity contribution in [1.29, 1.82) is 0 Å². The lowest BCUT2D eigenvalue weighted by Gasteiger charge is -2.30. The minimum atomic E-state index is -0.0345. The summed E-state index contributed by atoms with van der Waals surface area (Å²) in [5.74, 6) is -0.0345. The van der Waals surface area contributed by atoms with Crippen LogP contribution in [-0.2, 0) is 6.54 Å². The first-order valence-electron chi connectivity index (χ1n) is 7.28. The normalized spacial score (nSPS) is 11.4. The summed E-state index contributed by atoms with van der Waals surface area (Å²) in [5, 5.41) is 2.97. The zero-order valence-corrected chi connectivity index (χ0v) is 13.0. The maximum Gasteiger partial charge on any atom is 0.251 e. The number of hydrogen-bond donors (Lipinski definition) is 2. The number of nitrogens with zero attached hydrogens (tertiary/aromatic N) is 1. The second-order valence-electron chi connectivity index (χ2n) is 5.59. The van der Waals surface area contributed by atoms with Crippen molar-refractivity contribution in [3.05, 3.63) is 35.4 Å². The van der Waals surface area contributed by atoms with E-state index in [0.29, 0.717) is 30.7 Å². The molecule has 0 unspecified atom stereocenters. The van der Waals surface area contributed by atoms with Crippen molar-refractivity contribution in [1.82, 2.24) is 10.2 Å². The molecule has 0 radical (unpaired) electrons. The SMILES string of the molecule is CC(C)N(CCNC(=O)c1cccc(CN)c1)C(C)C. The first-order valence-corrected chi connectivity index (χ1v) is 7.28. The van der Waals surface area contributed by atoms with E-state index in [0.717, 1.165) is 12.1 Å². The third-order valence-electron chi connectivity index (χ3n) is 3.41. The van der Waals surface area contributed by atoms with Gasteiger partial charge < -0.3 is 11.1 Å². The van der Waals surface area contributed by atoms with Crippen molar-refractivity contribution < 1.29 is 4.79 Å². The van der Waals surface area contributed by atoms with E-state index in [1.807, 2.05) is 24.3 Å². The molecule has 1 aromatic rings. The molecule has 0 aromatic heterocycles. The third-order valence-corrected chi connectivity index (χ3v) is 3.41. The van der Waals surface area contributed by atoms with Gasteiger partial charge in [0.05, 0.1) is 0 Å². The van der Waals surface area contributed by atoms with Crippen molar-refractivity contribution in [2.45, 2.75) is 46.3 Å². The molecular weight excluding hydrogens is 250 g/mol. The largest absolute Gasteiger partial charge is 0.351 e. The topological polar surface area (TPSA) is 58.4 Å². The lowest BCUT2D eigenvalue weighted by molar-refractivity contribution is 0.0939. The summed E-state index contributed by atoms with van der Waals surface area (Å²) in [6, 6.07) is 8.41. The highest BCUT2D eigenvalue weighted by Crippen LogP contribution is 2.05. The fourth-order valence-corrected chi connectivity index (χ4v) is 2.35. The highest BCUT2D eigenvalue weighted by Gasteiger charge is 2.13. The van der Waals surface area contributed by atoms with Gasteiger partial charge in [-0.05, 0) is 45.4 Å².